The van der Waals surface area contributed by atoms with Crippen molar-refractivity contribution >= 4 is 32.1 Å². The van der Waals surface area contributed by atoms with Crippen LogP contribution >= 0.6 is 0 Å². The summed E-state index contributed by atoms with van der Waals surface area (Å²) in [5, 5.41) is -1.65. The minimum atomic E-state index is -4.62. The van der Waals surface area contributed by atoms with Crippen LogP contribution < -0.4 is 11.5 Å². The first-order valence-electron chi connectivity index (χ1n) is 3.59. The number of hydrogen-bond acceptors (Lipinski definition) is 6. The van der Waals surface area contributed by atoms with E-state index in [4.69, 9.17) is 9.11 Å². The second kappa shape index (κ2) is 8.86. The van der Waals surface area contributed by atoms with Crippen molar-refractivity contribution in [3.63, 3.8) is 0 Å². The molecule has 0 atom stereocenters. The predicted molar refractivity (Wildman–Crippen MR) is 57.7 cm³/mol. The molecule has 0 spiro atoms. The van der Waals surface area contributed by atoms with Gasteiger partial charge in [-0.15, -0.1) is 0 Å². The fraction of sp³-hybridized carbons (Fsp3) is 0.600. The van der Waals surface area contributed by atoms with Crippen LogP contribution in [0, 0.1) is 0 Å². The highest BCUT2D eigenvalue weighted by atomic mass is 32.3. The molecular formula is C5H14N2O8S2. The first-order valence-corrected chi connectivity index (χ1v) is 6.81. The van der Waals surface area contributed by atoms with Crippen molar-refractivity contribution in [2.75, 3.05) is 5.08 Å². The number of carbonyl (C=O) groups excluding carboxylic acids is 2. The van der Waals surface area contributed by atoms with Crippen LogP contribution in [0.3, 0.4) is 0 Å². The van der Waals surface area contributed by atoms with Crippen molar-refractivity contribution < 1.29 is 35.5 Å². The summed E-state index contributed by atoms with van der Waals surface area (Å²) in [5.41, 5.74) is 8.94. The number of primary amides is 2. The maximum Gasteiger partial charge on any atom is 0.281 e. The van der Waals surface area contributed by atoms with Gasteiger partial charge in [0.15, 0.2) is 0 Å². The van der Waals surface area contributed by atoms with Crippen LogP contribution in [0.25, 0.3) is 0 Å². The number of hydrogen-bond donors (Lipinski definition) is 4. The highest BCUT2D eigenvalue weighted by Crippen LogP contribution is 1.88. The Bertz CT molecular complexity index is 387. The molecule has 0 aliphatic rings. The average molecular weight is 294 g/mol. The maximum absolute atomic E-state index is 9.66. The molecule has 0 rings (SSSR count). The predicted octanol–water partition coefficient (Wildman–Crippen LogP) is -2.30. The maximum atomic E-state index is 9.66. The second-order valence-electron chi connectivity index (χ2n) is 2.50. The van der Waals surface area contributed by atoms with Crippen molar-refractivity contribution in [1.29, 1.82) is 0 Å². The lowest BCUT2D eigenvalue weighted by molar-refractivity contribution is -0.116. The van der Waals surface area contributed by atoms with Crippen LogP contribution in [0.1, 0.15) is 13.8 Å². The van der Waals surface area contributed by atoms with Gasteiger partial charge in [0.2, 0.25) is 16.9 Å². The molecule has 0 radical (unpaired) electrons. The van der Waals surface area contributed by atoms with Crippen LogP contribution in [-0.4, -0.2) is 42.8 Å². The Hall–Kier alpha value is -1.24. The van der Waals surface area contributed by atoms with E-state index in [1.165, 1.54) is 13.8 Å². The van der Waals surface area contributed by atoms with Crippen molar-refractivity contribution in [2.45, 2.75) is 13.8 Å². The minimum absolute atomic E-state index is 0.333. The van der Waals surface area contributed by atoms with Gasteiger partial charge in [0.1, 0.15) is 0 Å². The normalized spacial score (nSPS) is 10.1. The Morgan fingerprint density at radius 3 is 1.00 bits per heavy atom. The van der Waals surface area contributed by atoms with E-state index < -0.39 is 25.3 Å². The molecule has 12 heteroatoms. The smallest absolute Gasteiger partial charge is 0.281 e. The van der Waals surface area contributed by atoms with Gasteiger partial charge in [0.05, 0.1) is 0 Å². The monoisotopic (exact) mass is 294 g/mol. The second-order valence-corrected chi connectivity index (χ2v) is 5.77. The van der Waals surface area contributed by atoms with Gasteiger partial charge >= 0.3 is 0 Å². The third-order valence-electron chi connectivity index (χ3n) is 0.298. The van der Waals surface area contributed by atoms with E-state index in [9.17, 15) is 26.4 Å². The lowest BCUT2D eigenvalue weighted by atomic mass is 10.8. The SMILES string of the molecule is CC(N)=O.CC(N)=O.O=S(=O)(O)CS(=O)(=O)O. The largest absolute Gasteiger partial charge is 0.370 e. The Labute approximate surface area is 98.5 Å². The van der Waals surface area contributed by atoms with Gasteiger partial charge in [0.25, 0.3) is 20.2 Å². The van der Waals surface area contributed by atoms with Gasteiger partial charge in [-0.25, -0.2) is 0 Å². The molecule has 2 amide bonds. The summed E-state index contributed by atoms with van der Waals surface area (Å²) in [7, 11) is -9.24. The van der Waals surface area contributed by atoms with Gasteiger partial charge in [-0.3, -0.25) is 18.7 Å². The molecule has 0 fully saturated rings. The van der Waals surface area contributed by atoms with Crippen molar-refractivity contribution in [3.05, 3.63) is 0 Å². The third kappa shape index (κ3) is 106. The molecule has 6 N–H and O–H groups in total. The molecule has 0 bridgehead atoms. The lowest BCUT2D eigenvalue weighted by Gasteiger charge is -1.89. The zero-order chi connectivity index (χ0) is 14.9. The molecule has 0 saturated heterocycles. The summed E-state index contributed by atoms with van der Waals surface area (Å²) in [6.45, 7) is 2.61. The molecule has 10 nitrogen and oxygen atoms in total. The van der Waals surface area contributed by atoms with Crippen LogP contribution in [-0.2, 0) is 29.8 Å². The van der Waals surface area contributed by atoms with Crippen LogP contribution in [0.5, 0.6) is 0 Å². The van der Waals surface area contributed by atoms with E-state index >= 15 is 0 Å². The Morgan fingerprint density at radius 2 is 1.00 bits per heavy atom. The van der Waals surface area contributed by atoms with Crippen molar-refractivity contribution in [3.8, 4) is 0 Å². The molecule has 0 aromatic carbocycles. The summed E-state index contributed by atoms with van der Waals surface area (Å²) in [6, 6.07) is 0. The summed E-state index contributed by atoms with van der Waals surface area (Å²) in [6.07, 6.45) is 0. The number of nitrogens with two attached hydrogens (primary N) is 2. The van der Waals surface area contributed by atoms with Crippen LogP contribution in [0.4, 0.5) is 0 Å². The van der Waals surface area contributed by atoms with Gasteiger partial charge in [-0.05, 0) is 0 Å². The van der Waals surface area contributed by atoms with Crippen LogP contribution in [0.15, 0.2) is 0 Å². The zero-order valence-electron chi connectivity index (χ0n) is 9.02. The summed E-state index contributed by atoms with van der Waals surface area (Å²) >= 11 is 0. The first-order chi connectivity index (χ1) is 7.17. The zero-order valence-corrected chi connectivity index (χ0v) is 10.7. The molecule has 0 saturated carbocycles. The van der Waals surface area contributed by atoms with Crippen LogP contribution in [0.2, 0.25) is 0 Å². The molecule has 0 unspecified atom stereocenters. The molecule has 104 valence electrons. The Kier molecular flexibility index (Phi) is 11.0. The molecule has 0 aliphatic carbocycles. The molecule has 0 aromatic rings. The topological polar surface area (TPSA) is 195 Å². The number of carbonyl (C=O) groups is 2. The lowest BCUT2D eigenvalue weighted by Crippen LogP contribution is -2.13. The average Bonchev–Trinajstić information content (AvgIpc) is 1.70. The number of amides is 2. The van der Waals surface area contributed by atoms with E-state index in [0.717, 1.165) is 0 Å². The van der Waals surface area contributed by atoms with E-state index in [-0.39, 0.29) is 11.8 Å². The molecule has 0 heterocycles. The highest BCUT2D eigenvalue weighted by molar-refractivity contribution is 8.02. The van der Waals surface area contributed by atoms with E-state index in [0.29, 0.717) is 0 Å². The van der Waals surface area contributed by atoms with Gasteiger partial charge in [-0.1, -0.05) is 0 Å². The summed E-state index contributed by atoms with van der Waals surface area (Å²) in [5.74, 6) is -0.667. The fourth-order valence-electron chi connectivity index (χ4n) is 0.188. The van der Waals surface area contributed by atoms with E-state index in [2.05, 4.69) is 11.5 Å². The van der Waals surface area contributed by atoms with Crippen molar-refractivity contribution in [2.24, 2.45) is 11.5 Å². The molecular weight excluding hydrogens is 280 g/mol. The molecule has 17 heavy (non-hydrogen) atoms. The van der Waals surface area contributed by atoms with Gasteiger partial charge < -0.3 is 11.5 Å². The molecule has 0 aliphatic heterocycles. The highest BCUT2D eigenvalue weighted by Gasteiger charge is 2.15. The van der Waals surface area contributed by atoms with E-state index in [1.807, 2.05) is 0 Å². The molecule has 0 aromatic heterocycles. The summed E-state index contributed by atoms with van der Waals surface area (Å²) in [4.78, 5) is 18.4. The standard InChI is InChI=1S/2C2H5NO.CH4O6S2/c2*1-2(3)4;2-8(3,4)1-9(5,6)7/h2*1H3,(H2,3,4);1H2,(H,2,3,4)(H,5,6,7). The quantitative estimate of drug-likeness (QED) is 0.408. The van der Waals surface area contributed by atoms with Gasteiger partial charge in [-0.2, -0.15) is 16.8 Å². The summed E-state index contributed by atoms with van der Waals surface area (Å²) < 4.78 is 54.2. The number of rotatable bonds is 2. The van der Waals surface area contributed by atoms with E-state index in [1.54, 1.807) is 0 Å². The van der Waals surface area contributed by atoms with Gasteiger partial charge in [0, 0.05) is 13.8 Å². The fourth-order valence-corrected chi connectivity index (χ4v) is 1.69. The third-order valence-corrected chi connectivity index (χ3v) is 2.68. The first kappa shape index (κ1) is 21.1. The Morgan fingerprint density at radius 1 is 0.882 bits per heavy atom. The Balaban J connectivity index is -0.000000205. The minimum Gasteiger partial charge on any atom is -0.370 e. The van der Waals surface area contributed by atoms with Crippen molar-refractivity contribution in [1.82, 2.24) is 0 Å².